The minimum absolute atomic E-state index is 0.00552. The number of carboxylic acid groups (broad SMARTS) is 1. The SMILES string of the molecule is CCNS(=O)(=O)c1ccc(C)c(C(=O)NC(C)C(C)C(=O)O)c1. The summed E-state index contributed by atoms with van der Waals surface area (Å²) in [5.41, 5.74) is 0.807. The average molecular weight is 342 g/mol. The lowest BCUT2D eigenvalue weighted by Gasteiger charge is -2.18. The summed E-state index contributed by atoms with van der Waals surface area (Å²) in [5, 5.41) is 11.6. The number of hydrogen-bond donors (Lipinski definition) is 3. The van der Waals surface area contributed by atoms with Crippen molar-refractivity contribution in [2.75, 3.05) is 6.54 Å². The van der Waals surface area contributed by atoms with Crippen LogP contribution < -0.4 is 10.0 Å². The van der Waals surface area contributed by atoms with Crippen LogP contribution in [0.2, 0.25) is 0 Å². The van der Waals surface area contributed by atoms with E-state index in [9.17, 15) is 18.0 Å². The first-order valence-corrected chi connectivity index (χ1v) is 8.72. The van der Waals surface area contributed by atoms with E-state index in [1.807, 2.05) is 0 Å². The molecule has 7 nitrogen and oxygen atoms in total. The molecule has 1 aromatic rings. The van der Waals surface area contributed by atoms with Gasteiger partial charge in [-0.2, -0.15) is 0 Å². The van der Waals surface area contributed by atoms with Gasteiger partial charge in [0, 0.05) is 18.2 Å². The van der Waals surface area contributed by atoms with E-state index in [1.54, 1.807) is 26.8 Å². The quantitative estimate of drug-likeness (QED) is 0.687. The van der Waals surface area contributed by atoms with E-state index in [2.05, 4.69) is 10.0 Å². The number of sulfonamides is 1. The van der Waals surface area contributed by atoms with Crippen molar-refractivity contribution in [3.63, 3.8) is 0 Å². The highest BCUT2D eigenvalue weighted by Crippen LogP contribution is 2.16. The van der Waals surface area contributed by atoms with Crippen LogP contribution in [0.15, 0.2) is 23.1 Å². The molecule has 2 unspecified atom stereocenters. The number of aliphatic carboxylic acids is 1. The van der Waals surface area contributed by atoms with Crippen molar-refractivity contribution >= 4 is 21.9 Å². The average Bonchev–Trinajstić information content (AvgIpc) is 2.46. The fourth-order valence-electron chi connectivity index (χ4n) is 1.91. The first kappa shape index (κ1) is 19.1. The van der Waals surface area contributed by atoms with Crippen LogP contribution in [0.5, 0.6) is 0 Å². The highest BCUT2D eigenvalue weighted by Gasteiger charge is 2.23. The zero-order valence-corrected chi connectivity index (χ0v) is 14.4. The number of nitrogens with one attached hydrogen (secondary N) is 2. The number of aryl methyl sites for hydroxylation is 1. The third-order valence-electron chi connectivity index (χ3n) is 3.60. The molecule has 0 saturated heterocycles. The van der Waals surface area contributed by atoms with Crippen molar-refractivity contribution in [2.45, 2.75) is 38.6 Å². The lowest BCUT2D eigenvalue weighted by Crippen LogP contribution is -2.40. The molecule has 1 rings (SSSR count). The Morgan fingerprint density at radius 3 is 2.39 bits per heavy atom. The van der Waals surface area contributed by atoms with Crippen LogP contribution in [0.25, 0.3) is 0 Å². The Balaban J connectivity index is 3.08. The topological polar surface area (TPSA) is 113 Å². The smallest absolute Gasteiger partial charge is 0.308 e. The van der Waals surface area contributed by atoms with Gasteiger partial charge in [0.2, 0.25) is 10.0 Å². The van der Waals surface area contributed by atoms with Gasteiger partial charge in [0.1, 0.15) is 0 Å². The van der Waals surface area contributed by atoms with Crippen LogP contribution in [0.1, 0.15) is 36.7 Å². The molecule has 0 aromatic heterocycles. The van der Waals surface area contributed by atoms with Crippen LogP contribution >= 0.6 is 0 Å². The highest BCUT2D eigenvalue weighted by atomic mass is 32.2. The number of hydrogen-bond acceptors (Lipinski definition) is 4. The molecule has 0 fully saturated rings. The van der Waals surface area contributed by atoms with Crippen LogP contribution in [0.4, 0.5) is 0 Å². The molecule has 8 heteroatoms. The second kappa shape index (κ2) is 7.56. The molecule has 23 heavy (non-hydrogen) atoms. The summed E-state index contributed by atoms with van der Waals surface area (Å²) in [5.74, 6) is -2.28. The fourth-order valence-corrected chi connectivity index (χ4v) is 2.98. The third-order valence-corrected chi connectivity index (χ3v) is 5.14. The predicted octanol–water partition coefficient (Wildman–Crippen LogP) is 1.13. The number of amides is 1. The zero-order valence-electron chi connectivity index (χ0n) is 13.6. The Morgan fingerprint density at radius 1 is 1.26 bits per heavy atom. The number of rotatable bonds is 7. The first-order valence-electron chi connectivity index (χ1n) is 7.24. The van der Waals surface area contributed by atoms with Gasteiger partial charge in [0.25, 0.3) is 5.91 Å². The summed E-state index contributed by atoms with van der Waals surface area (Å²) < 4.78 is 26.4. The lowest BCUT2D eigenvalue weighted by molar-refractivity contribution is -0.141. The van der Waals surface area contributed by atoms with Gasteiger partial charge in [0.05, 0.1) is 10.8 Å². The molecule has 0 spiro atoms. The Bertz CT molecular complexity index is 700. The second-order valence-electron chi connectivity index (χ2n) is 5.37. The standard InChI is InChI=1S/C15H22N2O5S/c1-5-16-23(21,22)12-7-6-9(2)13(8-12)14(18)17-11(4)10(3)15(19)20/h6-8,10-11,16H,5H2,1-4H3,(H,17,18)(H,19,20). The van der Waals surface area contributed by atoms with E-state index in [1.165, 1.54) is 19.1 Å². The largest absolute Gasteiger partial charge is 0.481 e. The molecular formula is C15H22N2O5S. The van der Waals surface area contributed by atoms with E-state index >= 15 is 0 Å². The van der Waals surface area contributed by atoms with Crippen LogP contribution in [-0.2, 0) is 14.8 Å². The van der Waals surface area contributed by atoms with Crippen LogP contribution in [-0.4, -0.2) is 38.0 Å². The van der Waals surface area contributed by atoms with Gasteiger partial charge >= 0.3 is 5.97 Å². The van der Waals surface area contributed by atoms with Crippen molar-refractivity contribution in [1.82, 2.24) is 10.0 Å². The molecule has 0 aliphatic rings. The first-order chi connectivity index (χ1) is 10.6. The molecular weight excluding hydrogens is 320 g/mol. The maximum atomic E-state index is 12.3. The van der Waals surface area contributed by atoms with Gasteiger partial charge in [-0.25, -0.2) is 13.1 Å². The Morgan fingerprint density at radius 2 is 1.87 bits per heavy atom. The maximum absolute atomic E-state index is 12.3. The monoisotopic (exact) mass is 342 g/mol. The van der Waals surface area contributed by atoms with Gasteiger partial charge in [0.15, 0.2) is 0 Å². The van der Waals surface area contributed by atoms with Crippen LogP contribution in [0.3, 0.4) is 0 Å². The van der Waals surface area contributed by atoms with Gasteiger partial charge in [-0.3, -0.25) is 9.59 Å². The number of carboxylic acids is 1. The minimum atomic E-state index is -3.67. The highest BCUT2D eigenvalue weighted by molar-refractivity contribution is 7.89. The van der Waals surface area contributed by atoms with E-state index in [4.69, 9.17) is 5.11 Å². The van der Waals surface area contributed by atoms with E-state index in [0.29, 0.717) is 5.56 Å². The zero-order chi connectivity index (χ0) is 17.8. The number of carbonyl (C=O) groups is 2. The summed E-state index contributed by atoms with van der Waals surface area (Å²) in [6, 6.07) is 3.67. The summed E-state index contributed by atoms with van der Waals surface area (Å²) >= 11 is 0. The maximum Gasteiger partial charge on any atom is 0.308 e. The number of carbonyl (C=O) groups excluding carboxylic acids is 1. The Labute approximate surface area is 136 Å². The van der Waals surface area contributed by atoms with Crippen molar-refractivity contribution in [3.8, 4) is 0 Å². The molecule has 0 radical (unpaired) electrons. The van der Waals surface area contributed by atoms with E-state index in [0.717, 1.165) is 0 Å². The normalized spacial score (nSPS) is 14.1. The Hall–Kier alpha value is -1.93. The minimum Gasteiger partial charge on any atom is -0.481 e. The molecule has 0 aliphatic heterocycles. The van der Waals surface area contributed by atoms with Gasteiger partial charge in [-0.15, -0.1) is 0 Å². The molecule has 0 bridgehead atoms. The molecule has 2 atom stereocenters. The van der Waals surface area contributed by atoms with Crippen molar-refractivity contribution in [2.24, 2.45) is 5.92 Å². The molecule has 0 saturated carbocycles. The van der Waals surface area contributed by atoms with Gasteiger partial charge in [-0.1, -0.05) is 13.0 Å². The lowest BCUT2D eigenvalue weighted by atomic mass is 10.0. The third kappa shape index (κ3) is 4.77. The van der Waals surface area contributed by atoms with Gasteiger partial charge < -0.3 is 10.4 Å². The molecule has 1 amide bonds. The summed E-state index contributed by atoms with van der Waals surface area (Å²) in [7, 11) is -3.67. The Kier molecular flexibility index (Phi) is 6.28. The summed E-state index contributed by atoms with van der Waals surface area (Å²) in [4.78, 5) is 23.3. The predicted molar refractivity (Wildman–Crippen MR) is 85.8 cm³/mol. The van der Waals surface area contributed by atoms with Gasteiger partial charge in [-0.05, 0) is 38.5 Å². The molecule has 128 valence electrons. The van der Waals surface area contributed by atoms with Crippen LogP contribution in [0, 0.1) is 12.8 Å². The summed E-state index contributed by atoms with van der Waals surface area (Å²) in [6.07, 6.45) is 0. The fraction of sp³-hybridized carbons (Fsp3) is 0.467. The molecule has 0 heterocycles. The summed E-state index contributed by atoms with van der Waals surface area (Å²) in [6.45, 7) is 6.67. The second-order valence-corrected chi connectivity index (χ2v) is 7.13. The molecule has 3 N–H and O–H groups in total. The van der Waals surface area contributed by atoms with E-state index in [-0.39, 0.29) is 17.0 Å². The van der Waals surface area contributed by atoms with E-state index < -0.39 is 33.9 Å². The van der Waals surface area contributed by atoms with Crippen molar-refractivity contribution in [3.05, 3.63) is 29.3 Å². The van der Waals surface area contributed by atoms with Crippen molar-refractivity contribution < 1.29 is 23.1 Å². The van der Waals surface area contributed by atoms with Crippen molar-refractivity contribution in [1.29, 1.82) is 0 Å². The number of benzene rings is 1. The molecule has 0 aliphatic carbocycles. The molecule has 1 aromatic carbocycles.